The van der Waals surface area contributed by atoms with E-state index in [0.717, 1.165) is 44.6 Å². The van der Waals surface area contributed by atoms with E-state index in [0.29, 0.717) is 0 Å². The van der Waals surface area contributed by atoms with Crippen molar-refractivity contribution >= 4 is 55.9 Å². The highest BCUT2D eigenvalue weighted by Gasteiger charge is 2.40. The van der Waals surface area contributed by atoms with Gasteiger partial charge in [0.1, 0.15) is 22.7 Å². The molecule has 0 spiro atoms. The average molecular weight is 487 g/mol. The summed E-state index contributed by atoms with van der Waals surface area (Å²) >= 11 is 0. The van der Waals surface area contributed by atoms with Gasteiger partial charge in [-0.25, -0.2) is 0 Å². The molecule has 0 N–H and O–H groups in total. The van der Waals surface area contributed by atoms with Gasteiger partial charge in [-0.3, -0.25) is 0 Å². The molecule has 0 saturated heterocycles. The number of furan rings is 1. The Morgan fingerprint density at radius 2 is 1.45 bits per heavy atom. The fourth-order valence-corrected chi connectivity index (χ4v) is 6.89. The van der Waals surface area contributed by atoms with Crippen LogP contribution in [0.2, 0.25) is 0 Å². The summed E-state index contributed by atoms with van der Waals surface area (Å²) < 4.78 is 15.6. The minimum atomic E-state index is 0.130. The quantitative estimate of drug-likeness (QED) is 0.240. The molecule has 0 bridgehead atoms. The molecule has 0 radical (unpaired) electrons. The summed E-state index contributed by atoms with van der Waals surface area (Å²) in [5, 5.41) is 3.59. The summed E-state index contributed by atoms with van der Waals surface area (Å²) in [6.45, 7) is 4.60. The fraction of sp³-hybridized carbons (Fsp3) is 0.0588. The highest BCUT2D eigenvalue weighted by molar-refractivity contribution is 6.99. The Morgan fingerprint density at radius 3 is 2.39 bits per heavy atom. The molecule has 9 rings (SSSR count). The summed E-state index contributed by atoms with van der Waals surface area (Å²) in [5.74, 6) is 1.85. The number of hydrogen-bond donors (Lipinski definition) is 0. The van der Waals surface area contributed by atoms with E-state index >= 15 is 0 Å². The van der Waals surface area contributed by atoms with Crippen LogP contribution in [0.25, 0.3) is 49.7 Å². The van der Waals surface area contributed by atoms with Crippen LogP contribution in [0.1, 0.15) is 11.3 Å². The first kappa shape index (κ1) is 20.4. The Balaban J connectivity index is 1.42. The molecule has 0 amide bonds. The molecular formula is C34H22BNO2. The van der Waals surface area contributed by atoms with Gasteiger partial charge in [0.15, 0.2) is 0 Å². The fourth-order valence-electron chi connectivity index (χ4n) is 6.89. The zero-order valence-electron chi connectivity index (χ0n) is 21.1. The second-order valence-corrected chi connectivity index (χ2v) is 10.5. The third kappa shape index (κ3) is 2.41. The molecule has 178 valence electrons. The average Bonchev–Trinajstić information content (AvgIpc) is 3.46. The molecule has 2 aromatic heterocycles. The lowest BCUT2D eigenvalue weighted by molar-refractivity contribution is 0.487. The Kier molecular flexibility index (Phi) is 3.75. The van der Waals surface area contributed by atoms with Gasteiger partial charge in [0.25, 0.3) is 6.71 Å². The lowest BCUT2D eigenvalue weighted by Crippen LogP contribution is -2.58. The highest BCUT2D eigenvalue weighted by Crippen LogP contribution is 2.41. The van der Waals surface area contributed by atoms with Gasteiger partial charge in [-0.15, -0.1) is 0 Å². The number of hydrogen-bond acceptors (Lipinski definition) is 2. The van der Waals surface area contributed by atoms with E-state index in [1.54, 1.807) is 0 Å². The monoisotopic (exact) mass is 487 g/mol. The van der Waals surface area contributed by atoms with Crippen molar-refractivity contribution in [3.05, 3.63) is 108 Å². The first-order valence-corrected chi connectivity index (χ1v) is 13.2. The van der Waals surface area contributed by atoms with Crippen LogP contribution in [0, 0.1) is 13.8 Å². The van der Waals surface area contributed by atoms with Crippen molar-refractivity contribution in [2.24, 2.45) is 0 Å². The molecule has 2 aliphatic rings. The third-order valence-corrected chi connectivity index (χ3v) is 8.70. The summed E-state index contributed by atoms with van der Waals surface area (Å²) in [4.78, 5) is 0. The molecule has 5 aromatic carbocycles. The summed E-state index contributed by atoms with van der Waals surface area (Å²) in [6, 6.07) is 34.5. The van der Waals surface area contributed by atoms with E-state index < -0.39 is 0 Å². The maximum absolute atomic E-state index is 6.67. The van der Waals surface area contributed by atoms with Crippen LogP contribution in [-0.4, -0.2) is 11.3 Å². The molecule has 2 aliphatic heterocycles. The molecule has 3 nitrogen and oxygen atoms in total. The van der Waals surface area contributed by atoms with Crippen LogP contribution in [0.3, 0.4) is 0 Å². The molecule has 0 atom stereocenters. The van der Waals surface area contributed by atoms with Crippen molar-refractivity contribution in [1.29, 1.82) is 0 Å². The van der Waals surface area contributed by atoms with Crippen molar-refractivity contribution in [3.8, 4) is 28.3 Å². The third-order valence-electron chi connectivity index (χ3n) is 8.70. The van der Waals surface area contributed by atoms with Gasteiger partial charge < -0.3 is 13.7 Å². The van der Waals surface area contributed by atoms with Crippen molar-refractivity contribution in [3.63, 3.8) is 0 Å². The zero-order chi connectivity index (χ0) is 25.1. The van der Waals surface area contributed by atoms with Gasteiger partial charge in [-0.1, -0.05) is 72.8 Å². The maximum atomic E-state index is 6.67. The molecule has 4 heteroatoms. The zero-order valence-corrected chi connectivity index (χ0v) is 21.1. The standard InChI is InChI=1S/C34H22BNO2/c1-19-20(2)36-28-17-21(23-11-7-12-25-24-9-3-5-15-29(24)38-34(23)25)18-31-32(28)35(26-13-4-6-16-30(26)37-31)27-14-8-10-22(19)33(27)36/h3-18H,1-2H3. The molecular weight excluding hydrogens is 465 g/mol. The van der Waals surface area contributed by atoms with Gasteiger partial charge in [0.2, 0.25) is 0 Å². The number of ether oxygens (including phenoxy) is 1. The van der Waals surface area contributed by atoms with E-state index in [-0.39, 0.29) is 6.71 Å². The Labute approximate surface area is 220 Å². The summed E-state index contributed by atoms with van der Waals surface area (Å²) in [6.07, 6.45) is 0. The maximum Gasteiger partial charge on any atom is 0.256 e. The van der Waals surface area contributed by atoms with E-state index in [1.165, 1.54) is 44.2 Å². The van der Waals surface area contributed by atoms with Crippen LogP contribution in [0.5, 0.6) is 11.5 Å². The van der Waals surface area contributed by atoms with E-state index in [1.807, 2.05) is 12.1 Å². The topological polar surface area (TPSA) is 27.3 Å². The summed E-state index contributed by atoms with van der Waals surface area (Å²) in [7, 11) is 0. The van der Waals surface area contributed by atoms with Crippen LogP contribution < -0.4 is 21.1 Å². The first-order valence-electron chi connectivity index (χ1n) is 13.2. The van der Waals surface area contributed by atoms with E-state index in [4.69, 9.17) is 9.15 Å². The number of rotatable bonds is 1. The Morgan fingerprint density at radius 1 is 0.684 bits per heavy atom. The minimum Gasteiger partial charge on any atom is -0.458 e. The molecule has 0 fully saturated rings. The predicted octanol–water partition coefficient (Wildman–Crippen LogP) is 6.75. The number of nitrogens with zero attached hydrogens (tertiary/aromatic N) is 1. The van der Waals surface area contributed by atoms with Crippen molar-refractivity contribution < 1.29 is 9.15 Å². The molecule has 0 saturated carbocycles. The number of para-hydroxylation sites is 4. The predicted molar refractivity (Wildman–Crippen MR) is 157 cm³/mol. The second-order valence-electron chi connectivity index (χ2n) is 10.5. The first-order chi connectivity index (χ1) is 18.7. The van der Waals surface area contributed by atoms with Crippen molar-refractivity contribution in [2.45, 2.75) is 13.8 Å². The number of aryl methyl sites for hydroxylation is 1. The second kappa shape index (κ2) is 6.99. The summed E-state index contributed by atoms with van der Waals surface area (Å²) in [5.41, 5.74) is 12.9. The smallest absolute Gasteiger partial charge is 0.256 e. The van der Waals surface area contributed by atoms with Gasteiger partial charge in [-0.2, -0.15) is 0 Å². The molecule has 38 heavy (non-hydrogen) atoms. The largest absolute Gasteiger partial charge is 0.458 e. The Bertz CT molecular complexity index is 2150. The van der Waals surface area contributed by atoms with Gasteiger partial charge >= 0.3 is 0 Å². The SMILES string of the molecule is Cc1c(C)n2c3c(cccc13)B1c3ccccc3Oc3cc(-c4cccc5c4oc4ccccc45)cc-2c31. The highest BCUT2D eigenvalue weighted by atomic mass is 16.5. The molecule has 7 aromatic rings. The van der Waals surface area contributed by atoms with Crippen LogP contribution in [0.4, 0.5) is 0 Å². The Hall–Kier alpha value is -4.70. The number of fused-ring (bicyclic) bond motifs is 7. The normalized spacial score (nSPS) is 13.2. The molecule has 4 heterocycles. The number of aromatic nitrogens is 1. The lowest BCUT2D eigenvalue weighted by Gasteiger charge is -2.34. The molecule has 0 unspecified atom stereocenters. The minimum absolute atomic E-state index is 0.130. The van der Waals surface area contributed by atoms with Crippen LogP contribution in [-0.2, 0) is 0 Å². The van der Waals surface area contributed by atoms with E-state index in [9.17, 15) is 0 Å². The van der Waals surface area contributed by atoms with Gasteiger partial charge in [0.05, 0.1) is 0 Å². The lowest BCUT2D eigenvalue weighted by atomic mass is 9.34. The van der Waals surface area contributed by atoms with Gasteiger partial charge in [0, 0.05) is 38.6 Å². The van der Waals surface area contributed by atoms with Crippen molar-refractivity contribution in [1.82, 2.24) is 4.57 Å². The van der Waals surface area contributed by atoms with Crippen LogP contribution >= 0.6 is 0 Å². The van der Waals surface area contributed by atoms with Crippen LogP contribution in [0.15, 0.2) is 101 Å². The van der Waals surface area contributed by atoms with Crippen molar-refractivity contribution in [2.75, 3.05) is 0 Å². The van der Waals surface area contributed by atoms with Gasteiger partial charge in [-0.05, 0) is 65.6 Å². The van der Waals surface area contributed by atoms with E-state index in [2.05, 4.69) is 103 Å². The molecule has 0 aliphatic carbocycles. The number of benzene rings is 5.